The zero-order valence-electron chi connectivity index (χ0n) is 43.0. The molecule has 38 nitrogen and oxygen atoms in total. The highest BCUT2D eigenvalue weighted by atomic mass is 32.2. The fraction of sp³-hybridized carbons (Fsp3) is 0. The molecule has 0 aromatic heterocycles. The van der Waals surface area contributed by atoms with Gasteiger partial charge in [-0.1, -0.05) is 15.1 Å². The first kappa shape index (κ1) is 66.4. The highest BCUT2D eigenvalue weighted by Crippen LogP contribution is 2.53. The number of hydrogen-bond donors (Lipinski definition) is 14. The number of carbonyl (C=O) groups is 4. The Labute approximate surface area is 509 Å². The maximum absolute atomic E-state index is 13.1. The summed E-state index contributed by atoms with van der Waals surface area (Å²) >= 11 is 0.349. The Morgan fingerprint density at radius 1 is 0.411 bits per heavy atom. The Hall–Kier alpha value is -9.56. The first-order valence-corrected chi connectivity index (χ1v) is 29.5. The summed E-state index contributed by atoms with van der Waals surface area (Å²) in [6.07, 6.45) is 0. The Bertz CT molecular complexity index is 4800. The highest BCUT2D eigenvalue weighted by molar-refractivity contribution is 7.95. The molecular formula is C46H29N9O29S6. The van der Waals surface area contributed by atoms with Gasteiger partial charge in [-0.05, 0) is 84.9 Å². The van der Waals surface area contributed by atoms with E-state index in [4.69, 9.17) is 16.2 Å². The third-order valence-electron chi connectivity index (χ3n) is 11.8. The molecule has 0 radical (unpaired) electrons. The maximum Gasteiger partial charge on any atom is 0.335 e. The fourth-order valence-electron chi connectivity index (χ4n) is 8.11. The van der Waals surface area contributed by atoms with Crippen LogP contribution in [0, 0.1) is 0 Å². The van der Waals surface area contributed by atoms with Crippen molar-refractivity contribution in [3.8, 4) is 17.2 Å². The number of aromatic hydroxyl groups is 3. The predicted octanol–water partition coefficient (Wildman–Crippen LogP) is 11.3. The Balaban J connectivity index is 1.28. The second-order valence-electron chi connectivity index (χ2n) is 17.1. The van der Waals surface area contributed by atoms with E-state index in [0.717, 1.165) is 66.7 Å². The van der Waals surface area contributed by atoms with Gasteiger partial charge in [0, 0.05) is 26.9 Å². The number of aromatic carboxylic acids is 4. The van der Waals surface area contributed by atoms with Crippen molar-refractivity contribution in [3.63, 3.8) is 0 Å². The van der Waals surface area contributed by atoms with Crippen molar-refractivity contribution in [1.82, 2.24) is 0 Å². The van der Waals surface area contributed by atoms with Gasteiger partial charge in [-0.25, -0.2) is 34.9 Å². The molecule has 8 aromatic carbocycles. The summed E-state index contributed by atoms with van der Waals surface area (Å²) in [6.45, 7) is 0. The lowest BCUT2D eigenvalue weighted by Crippen LogP contribution is -2.03. The van der Waals surface area contributed by atoms with Crippen LogP contribution >= 0.6 is 36.1 Å². The van der Waals surface area contributed by atoms with Crippen molar-refractivity contribution >= 4 is 174 Å². The summed E-state index contributed by atoms with van der Waals surface area (Å²) in [6, 6.07) is 11.6. The Morgan fingerprint density at radius 3 is 1.30 bits per heavy atom. The van der Waals surface area contributed by atoms with E-state index in [0.29, 0.717) is 18.2 Å². The molecule has 8 aromatic rings. The van der Waals surface area contributed by atoms with E-state index < -0.39 is 175 Å². The summed E-state index contributed by atoms with van der Waals surface area (Å²) in [4.78, 5) is 41.7. The summed E-state index contributed by atoms with van der Waals surface area (Å²) in [5.74, 6) is -9.56. The molecule has 90 heavy (non-hydrogen) atoms. The Kier molecular flexibility index (Phi) is 19.7. The zero-order valence-corrected chi connectivity index (χ0v) is 47.9. The molecular weight excluding hydrogens is 1330 g/mol. The van der Waals surface area contributed by atoms with Gasteiger partial charge in [0.25, 0.3) is 30.4 Å². The molecule has 0 aliphatic rings. The topological polar surface area (TPSA) is 614 Å². The predicted molar refractivity (Wildman–Crippen MR) is 300 cm³/mol. The van der Waals surface area contributed by atoms with Gasteiger partial charge >= 0.3 is 23.9 Å². The second kappa shape index (κ2) is 26.6. The number of rotatable bonds is 24. The van der Waals surface area contributed by atoms with Crippen LogP contribution in [-0.2, 0) is 58.5 Å². The van der Waals surface area contributed by atoms with E-state index in [2.05, 4.69) is 69.0 Å². The number of fused-ring (bicyclic) bond motifs is 3. The van der Waals surface area contributed by atoms with Crippen molar-refractivity contribution in [3.05, 3.63) is 107 Å². The number of benzene rings is 8. The van der Waals surface area contributed by atoms with Crippen LogP contribution in [0.2, 0.25) is 0 Å². The standard InChI is InChI=1S/C46H29N9O29S6/c47-34-28(52-51-27-4-2-22-24(42(27)90(76,77)78)13-32(89(73,74)75)37(39(22)57)55-49-20-9-17(45(63)64)6-18(10-20)46(65)66)14-31(88(70,71)72)25-12-30(86-83-80-68)36(40(58)33(25)34)54-50-26-3-1-21-23(41(26)87-84-81-69)11-29(85-82-79-67)35(38(21)56)53-48-19-7-15(43(59)60)5-16(8-19)44(61)62/h1-14,56-58,67-69H,47H2,(H,59,60)(H,61,62)(H,63,64)(H,65,66)(H,70,71,72)(H,73,74,75)(H,76,77,78). The van der Waals surface area contributed by atoms with Gasteiger partial charge in [-0.15, -0.1) is 43.7 Å². The number of phenols is 3. The normalized spacial score (nSPS) is 12.5. The first-order valence-electron chi connectivity index (χ1n) is 22.9. The summed E-state index contributed by atoms with van der Waals surface area (Å²) in [7, 11) is -16.8. The molecule has 0 saturated carbocycles. The number of azo groups is 4. The smallest absolute Gasteiger partial charge is 0.335 e. The highest BCUT2D eigenvalue weighted by Gasteiger charge is 2.30. The van der Waals surface area contributed by atoms with Crippen LogP contribution in [0.15, 0.2) is 155 Å². The van der Waals surface area contributed by atoms with Gasteiger partial charge in [-0.3, -0.25) is 13.7 Å². The van der Waals surface area contributed by atoms with Crippen molar-refractivity contribution in [2.45, 2.75) is 29.4 Å². The lowest BCUT2D eigenvalue weighted by atomic mass is 10.0. The van der Waals surface area contributed by atoms with E-state index in [1.807, 2.05) is 0 Å². The average molecular weight is 1360 g/mol. The van der Waals surface area contributed by atoms with Crippen LogP contribution in [0.1, 0.15) is 41.4 Å². The molecule has 0 fully saturated rings. The van der Waals surface area contributed by atoms with Gasteiger partial charge in [0.1, 0.15) is 48.8 Å². The summed E-state index contributed by atoms with van der Waals surface area (Å²) < 4.78 is 123. The van der Waals surface area contributed by atoms with Gasteiger partial charge in [-0.2, -0.15) is 35.5 Å². The number of nitrogen functional groups attached to an aromatic ring is 1. The molecule has 0 heterocycles. The number of nitrogens with zero attached hydrogens (tertiary/aromatic N) is 8. The number of carboxylic acids is 4. The average Bonchev–Trinajstić information content (AvgIpc) is 0.763. The summed E-state index contributed by atoms with van der Waals surface area (Å²) in [5.41, 5.74) is -2.12. The van der Waals surface area contributed by atoms with E-state index in [-0.39, 0.29) is 68.1 Å². The van der Waals surface area contributed by atoms with Crippen LogP contribution in [-0.4, -0.2) is 114 Å². The molecule has 8 rings (SSSR count). The molecule has 0 aliphatic heterocycles. The van der Waals surface area contributed by atoms with E-state index in [9.17, 15) is 99.1 Å². The minimum Gasteiger partial charge on any atom is -0.505 e. The van der Waals surface area contributed by atoms with Crippen LogP contribution < -0.4 is 5.73 Å². The van der Waals surface area contributed by atoms with Crippen molar-refractivity contribution in [1.29, 1.82) is 0 Å². The molecule has 15 N–H and O–H groups in total. The summed E-state index contributed by atoms with van der Waals surface area (Å²) in [5, 5.41) is 138. The second-order valence-corrected chi connectivity index (χ2v) is 23.5. The zero-order chi connectivity index (χ0) is 65.9. The van der Waals surface area contributed by atoms with E-state index >= 15 is 0 Å². The number of carboxylic acid groups (broad SMARTS) is 4. The quantitative estimate of drug-likeness (QED) is 0.00667. The molecule has 44 heteroatoms. The molecule has 0 aliphatic carbocycles. The van der Waals surface area contributed by atoms with Crippen molar-refractivity contribution in [2.75, 3.05) is 5.73 Å². The van der Waals surface area contributed by atoms with Gasteiger partial charge < -0.3 is 41.5 Å². The SMILES string of the molecule is Nc1c(N=Nc2ccc3c(O)c(N=Nc4cc(C(=O)O)cc(C(=O)O)c4)c(S(=O)(=O)O)cc3c2S(=O)(=O)O)cc(S(=O)(=O)O)c2cc(SOOO)c(N=Nc3ccc4c(O)c(N=Nc5cc(C(=O)O)cc(C(=O)O)c5)c(SOOO)cc4c3SOOO)c(O)c12. The lowest BCUT2D eigenvalue weighted by molar-refractivity contribution is -0.432. The van der Waals surface area contributed by atoms with Crippen molar-refractivity contribution < 1.29 is 138 Å². The molecule has 0 bridgehead atoms. The number of phenolic OH excluding ortho intramolecular Hbond substituents is 3. The van der Waals surface area contributed by atoms with Gasteiger partial charge in [0.05, 0.1) is 95.5 Å². The van der Waals surface area contributed by atoms with Gasteiger partial charge in [0.15, 0.2) is 17.2 Å². The molecule has 0 unspecified atom stereocenters. The van der Waals surface area contributed by atoms with Crippen LogP contribution in [0.3, 0.4) is 0 Å². The van der Waals surface area contributed by atoms with E-state index in [1.54, 1.807) is 0 Å². The fourth-order valence-corrected chi connectivity index (χ4v) is 11.8. The van der Waals surface area contributed by atoms with Crippen molar-refractivity contribution in [2.24, 2.45) is 40.9 Å². The van der Waals surface area contributed by atoms with Crippen LogP contribution in [0.4, 0.5) is 51.2 Å². The molecule has 0 atom stereocenters. The maximum atomic E-state index is 13.1. The monoisotopic (exact) mass is 1360 g/mol. The number of nitrogens with two attached hydrogens (primary N) is 1. The third-order valence-corrected chi connectivity index (χ3v) is 16.5. The lowest BCUT2D eigenvalue weighted by Gasteiger charge is -2.15. The minimum atomic E-state index is -5.70. The largest absolute Gasteiger partial charge is 0.505 e. The third kappa shape index (κ3) is 14.1. The first-order chi connectivity index (χ1) is 42.4. The Morgan fingerprint density at radius 2 is 0.822 bits per heavy atom. The van der Waals surface area contributed by atoms with Gasteiger partial charge in [0.2, 0.25) is 0 Å². The molecule has 0 saturated heterocycles. The minimum absolute atomic E-state index is 0.0131. The number of anilines is 1. The van der Waals surface area contributed by atoms with Crippen LogP contribution in [0.5, 0.6) is 17.2 Å². The van der Waals surface area contributed by atoms with Crippen LogP contribution in [0.25, 0.3) is 32.3 Å². The molecule has 0 amide bonds. The van der Waals surface area contributed by atoms with E-state index in [1.165, 1.54) is 0 Å². The molecule has 0 spiro atoms. The molecule has 468 valence electrons. The number of hydrogen-bond acceptors (Lipinski definition) is 34.